The van der Waals surface area contributed by atoms with Gasteiger partial charge in [-0.3, -0.25) is 4.98 Å². The average Bonchev–Trinajstić information content (AvgIpc) is 3.93. The van der Waals surface area contributed by atoms with Crippen molar-refractivity contribution in [2.24, 2.45) is 0 Å². The minimum absolute atomic E-state index is 0. The molecule has 0 atom stereocenters. The Hall–Kier alpha value is -6.65. The van der Waals surface area contributed by atoms with Gasteiger partial charge >= 0.3 is 0 Å². The van der Waals surface area contributed by atoms with E-state index in [0.29, 0.717) is 0 Å². The number of hydrogen-bond acceptors (Lipinski definition) is 3. The molecule has 4 nitrogen and oxygen atoms in total. The molecule has 0 fully saturated rings. The second kappa shape index (κ2) is 18.0. The van der Waals surface area contributed by atoms with Crippen LogP contribution in [-0.2, 0) is 30.9 Å². The first-order chi connectivity index (χ1) is 32.9. The van der Waals surface area contributed by atoms with Crippen molar-refractivity contribution in [1.29, 1.82) is 0 Å². The minimum Gasteiger partial charge on any atom is -0.501 e. The molecule has 8 aromatic carbocycles. The van der Waals surface area contributed by atoms with Gasteiger partial charge in [-0.15, -0.1) is 54.1 Å². The summed E-state index contributed by atoms with van der Waals surface area (Å²) in [5, 5.41) is 7.02. The zero-order chi connectivity index (χ0) is 46.9. The summed E-state index contributed by atoms with van der Waals surface area (Å²) < 4.78 is 9.20. The molecule has 0 unspecified atom stereocenters. The van der Waals surface area contributed by atoms with Crippen molar-refractivity contribution in [2.75, 3.05) is 0 Å². The number of pyridine rings is 1. The molecule has 11 aromatic rings. The Morgan fingerprint density at radius 3 is 2.00 bits per heavy atom. The van der Waals surface area contributed by atoms with E-state index in [4.69, 9.17) is 14.4 Å². The number of nitrogens with zero attached hydrogens (tertiary/aromatic N) is 3. The minimum atomic E-state index is 0. The van der Waals surface area contributed by atoms with E-state index in [1.165, 1.54) is 73.5 Å². The Balaban J connectivity index is 0.000000221. The van der Waals surface area contributed by atoms with Crippen LogP contribution in [0.3, 0.4) is 0 Å². The van der Waals surface area contributed by atoms with Gasteiger partial charge in [-0.25, -0.2) is 0 Å². The second-order valence-corrected chi connectivity index (χ2v) is 20.7. The summed E-state index contributed by atoms with van der Waals surface area (Å²) in [4.78, 5) is 10.0. The molecule has 0 amide bonds. The third-order valence-corrected chi connectivity index (χ3v) is 14.5. The van der Waals surface area contributed by atoms with Crippen molar-refractivity contribution in [3.8, 4) is 39.5 Å². The fourth-order valence-corrected chi connectivity index (χ4v) is 10.6. The molecule has 5 heteroatoms. The molecule has 345 valence electrons. The molecule has 0 saturated carbocycles. The molecule has 0 N–H and O–H groups in total. The van der Waals surface area contributed by atoms with Crippen LogP contribution in [0, 0.1) is 12.1 Å². The number of aromatic nitrogens is 3. The van der Waals surface area contributed by atoms with E-state index in [2.05, 4.69) is 212 Å². The van der Waals surface area contributed by atoms with E-state index in [9.17, 15) is 0 Å². The SMILES string of the molecule is CC(C)c1cc(-c2ccccc2)cc(C(C)C)c1-n1c(-c2[c-]ccc3c2oc2cc4c(ccc5ccccc54)cc23)nc2ccccc21.CC1(C)CCC(C)(C)c2cc(-c3[c-]cccc3)ncc21.[Ir]. The Morgan fingerprint density at radius 2 is 1.26 bits per heavy atom. The molecule has 0 aliphatic heterocycles. The van der Waals surface area contributed by atoms with Gasteiger partial charge in [0.05, 0.1) is 22.4 Å². The number of hydrogen-bond donors (Lipinski definition) is 0. The molecular formula is C64H57IrN3O-2. The van der Waals surface area contributed by atoms with Crippen molar-refractivity contribution in [1.82, 2.24) is 14.5 Å². The van der Waals surface area contributed by atoms with E-state index in [1.54, 1.807) is 0 Å². The van der Waals surface area contributed by atoms with E-state index >= 15 is 0 Å². The van der Waals surface area contributed by atoms with Gasteiger partial charge in [0, 0.05) is 37.4 Å². The van der Waals surface area contributed by atoms with Crippen LogP contribution in [-0.4, -0.2) is 14.5 Å². The van der Waals surface area contributed by atoms with Crippen molar-refractivity contribution in [3.63, 3.8) is 0 Å². The van der Waals surface area contributed by atoms with Gasteiger partial charge in [-0.2, -0.15) is 0 Å². The molecule has 3 aromatic heterocycles. The fourth-order valence-electron chi connectivity index (χ4n) is 10.6. The standard InChI is InChI=1S/C45H35N2O.C19H22N.Ir/c1-27(2)36-24-32(29-13-6-5-7-14-29)25-37(28(3)4)43(36)47-41-20-11-10-19-40(41)46-45(47)35-18-12-17-34-39-23-31-22-21-30-15-8-9-16-33(30)38(31)26-42(39)48-44(34)35;1-18(2)10-11-19(3,4)16-13-20-17(12-15(16)18)14-8-6-5-7-9-14;/h5-17,19-28H,1-4H3;5-8,12-13H,10-11H2,1-4H3;/q2*-1;. The maximum absolute atomic E-state index is 6.83. The number of benzene rings is 8. The summed E-state index contributed by atoms with van der Waals surface area (Å²) in [6, 6.07) is 62.7. The third-order valence-electron chi connectivity index (χ3n) is 14.5. The van der Waals surface area contributed by atoms with Crippen molar-refractivity contribution in [3.05, 3.63) is 198 Å². The predicted molar refractivity (Wildman–Crippen MR) is 285 cm³/mol. The molecule has 0 spiro atoms. The Kier molecular flexibility index (Phi) is 12.0. The molecule has 0 saturated heterocycles. The van der Waals surface area contributed by atoms with Gasteiger partial charge in [0.15, 0.2) is 0 Å². The monoisotopic (exact) mass is 1080 g/mol. The molecule has 3 heterocycles. The fraction of sp³-hybridized carbons (Fsp3) is 0.219. The summed E-state index contributed by atoms with van der Waals surface area (Å²) in [5.41, 5.74) is 16.3. The zero-order valence-electron chi connectivity index (χ0n) is 40.7. The predicted octanol–water partition coefficient (Wildman–Crippen LogP) is 17.5. The molecule has 1 radical (unpaired) electrons. The van der Waals surface area contributed by atoms with E-state index in [0.717, 1.165) is 55.6 Å². The van der Waals surface area contributed by atoms with E-state index in [1.807, 2.05) is 24.3 Å². The first-order valence-corrected chi connectivity index (χ1v) is 24.2. The summed E-state index contributed by atoms with van der Waals surface area (Å²) in [6.45, 7) is 18.5. The van der Waals surface area contributed by atoms with Gasteiger partial charge in [0.25, 0.3) is 0 Å². The molecule has 69 heavy (non-hydrogen) atoms. The van der Waals surface area contributed by atoms with Crippen LogP contribution in [0.4, 0.5) is 0 Å². The van der Waals surface area contributed by atoms with Crippen LogP contribution in [0.25, 0.3) is 94.0 Å². The number of furan rings is 1. The van der Waals surface area contributed by atoms with Crippen molar-refractivity contribution < 1.29 is 24.5 Å². The number of para-hydroxylation sites is 2. The summed E-state index contributed by atoms with van der Waals surface area (Å²) in [5.74, 6) is 1.40. The van der Waals surface area contributed by atoms with Gasteiger partial charge in [0.1, 0.15) is 5.58 Å². The van der Waals surface area contributed by atoms with E-state index < -0.39 is 0 Å². The first-order valence-electron chi connectivity index (χ1n) is 24.2. The first kappa shape index (κ1) is 46.1. The smallest absolute Gasteiger partial charge is 0.121 e. The topological polar surface area (TPSA) is 43.9 Å². The summed E-state index contributed by atoms with van der Waals surface area (Å²) in [6.07, 6.45) is 4.55. The third kappa shape index (κ3) is 8.20. The Bertz CT molecular complexity index is 3660. The van der Waals surface area contributed by atoms with Crippen LogP contribution in [0.5, 0.6) is 0 Å². The average molecular weight is 1080 g/mol. The molecule has 1 aliphatic carbocycles. The Labute approximate surface area is 419 Å². The molecule has 12 rings (SSSR count). The van der Waals surface area contributed by atoms with Crippen molar-refractivity contribution in [2.45, 2.75) is 90.9 Å². The van der Waals surface area contributed by atoms with Crippen LogP contribution >= 0.6 is 0 Å². The second-order valence-electron chi connectivity index (χ2n) is 20.7. The normalized spacial score (nSPS) is 14.1. The van der Waals surface area contributed by atoms with Gasteiger partial charge in [0.2, 0.25) is 0 Å². The van der Waals surface area contributed by atoms with E-state index in [-0.39, 0.29) is 42.8 Å². The van der Waals surface area contributed by atoms with Crippen LogP contribution in [0.1, 0.15) is 102 Å². The summed E-state index contributed by atoms with van der Waals surface area (Å²) in [7, 11) is 0. The maximum Gasteiger partial charge on any atom is 0.121 e. The number of fused-ring (bicyclic) bond motifs is 8. The summed E-state index contributed by atoms with van der Waals surface area (Å²) >= 11 is 0. The molecule has 0 bridgehead atoms. The number of rotatable bonds is 6. The molecular weight excluding hydrogens is 1020 g/mol. The molecule has 1 aliphatic rings. The largest absolute Gasteiger partial charge is 0.501 e. The number of imidazole rings is 1. The quantitative estimate of drug-likeness (QED) is 0.123. The van der Waals surface area contributed by atoms with Gasteiger partial charge in [-0.05, 0) is 133 Å². The maximum atomic E-state index is 6.83. The van der Waals surface area contributed by atoms with Crippen LogP contribution in [0.15, 0.2) is 168 Å². The van der Waals surface area contributed by atoms with Crippen LogP contribution < -0.4 is 0 Å². The van der Waals surface area contributed by atoms with Gasteiger partial charge in [-0.1, -0.05) is 151 Å². The Morgan fingerprint density at radius 1 is 0.580 bits per heavy atom. The van der Waals surface area contributed by atoms with Crippen LogP contribution in [0.2, 0.25) is 0 Å². The zero-order valence-corrected chi connectivity index (χ0v) is 43.1. The van der Waals surface area contributed by atoms with Gasteiger partial charge < -0.3 is 14.0 Å². The van der Waals surface area contributed by atoms with Crippen molar-refractivity contribution >= 4 is 54.5 Å².